The molecule has 0 aliphatic heterocycles. The summed E-state index contributed by atoms with van der Waals surface area (Å²) < 4.78 is 0.642. The minimum atomic E-state index is -0.162. The van der Waals surface area contributed by atoms with Crippen LogP contribution in [0.3, 0.4) is 0 Å². The molecule has 92 valence electrons. The van der Waals surface area contributed by atoms with E-state index in [1.54, 1.807) is 24.7 Å². The van der Waals surface area contributed by atoms with Gasteiger partial charge < -0.3 is 5.32 Å². The molecular weight excluding hydrogens is 318 g/mol. The van der Waals surface area contributed by atoms with Crippen molar-refractivity contribution in [3.63, 3.8) is 0 Å². The van der Waals surface area contributed by atoms with Crippen molar-refractivity contribution in [1.29, 1.82) is 0 Å². The van der Waals surface area contributed by atoms with Crippen LogP contribution >= 0.6 is 27.5 Å². The van der Waals surface area contributed by atoms with Gasteiger partial charge in [0.05, 0.1) is 27.8 Å². The summed E-state index contributed by atoms with van der Waals surface area (Å²) in [4.78, 5) is 19.7. The quantitative estimate of drug-likeness (QED) is 0.943. The number of hydrogen-bond acceptors (Lipinski definition) is 3. The van der Waals surface area contributed by atoms with Crippen molar-refractivity contribution in [2.45, 2.75) is 6.42 Å². The van der Waals surface area contributed by atoms with Gasteiger partial charge in [-0.2, -0.15) is 0 Å². The first-order valence-electron chi connectivity index (χ1n) is 5.14. The molecule has 0 fully saturated rings. The second-order valence-corrected chi connectivity index (χ2v) is 4.80. The van der Waals surface area contributed by atoms with Crippen LogP contribution < -0.4 is 5.32 Å². The number of carbonyl (C=O) groups excluding carboxylic acids is 1. The lowest BCUT2D eigenvalue weighted by molar-refractivity contribution is -0.115. The van der Waals surface area contributed by atoms with E-state index in [2.05, 4.69) is 31.2 Å². The van der Waals surface area contributed by atoms with Crippen LogP contribution in [0.5, 0.6) is 0 Å². The van der Waals surface area contributed by atoms with Gasteiger partial charge in [0.2, 0.25) is 5.91 Å². The average Bonchev–Trinajstić information content (AvgIpc) is 2.36. The fraction of sp³-hybridized carbons (Fsp3) is 0.0833. The van der Waals surface area contributed by atoms with Gasteiger partial charge in [-0.25, -0.2) is 0 Å². The van der Waals surface area contributed by atoms with Crippen molar-refractivity contribution in [3.8, 4) is 0 Å². The number of halogens is 2. The van der Waals surface area contributed by atoms with Gasteiger partial charge in [-0.3, -0.25) is 14.8 Å². The first-order valence-corrected chi connectivity index (χ1v) is 6.31. The number of nitrogens with one attached hydrogen (secondary N) is 1. The summed E-state index contributed by atoms with van der Waals surface area (Å²) in [7, 11) is 0. The van der Waals surface area contributed by atoms with Crippen LogP contribution in [0.15, 0.2) is 41.4 Å². The fourth-order valence-corrected chi connectivity index (χ4v) is 1.87. The molecule has 2 heterocycles. The first-order chi connectivity index (χ1) is 8.66. The third-order valence-corrected chi connectivity index (χ3v) is 3.44. The van der Waals surface area contributed by atoms with E-state index in [9.17, 15) is 4.79 Å². The zero-order chi connectivity index (χ0) is 13.0. The lowest BCUT2D eigenvalue weighted by atomic mass is 10.2. The molecule has 0 aromatic carbocycles. The maximum Gasteiger partial charge on any atom is 0.228 e. The molecule has 0 unspecified atom stereocenters. The summed E-state index contributed by atoms with van der Waals surface area (Å²) in [6.07, 6.45) is 6.64. The van der Waals surface area contributed by atoms with Crippen molar-refractivity contribution in [2.75, 3.05) is 5.32 Å². The molecule has 18 heavy (non-hydrogen) atoms. The molecule has 0 bridgehead atoms. The normalized spacial score (nSPS) is 10.1. The van der Waals surface area contributed by atoms with Gasteiger partial charge in [0.15, 0.2) is 0 Å². The molecule has 6 heteroatoms. The van der Waals surface area contributed by atoms with Gasteiger partial charge in [-0.1, -0.05) is 17.7 Å². The summed E-state index contributed by atoms with van der Waals surface area (Å²) in [5.41, 5.74) is 1.33. The van der Waals surface area contributed by atoms with Gasteiger partial charge in [0, 0.05) is 18.6 Å². The van der Waals surface area contributed by atoms with E-state index < -0.39 is 0 Å². The molecule has 1 N–H and O–H groups in total. The molecule has 0 saturated heterocycles. The van der Waals surface area contributed by atoms with E-state index >= 15 is 0 Å². The summed E-state index contributed by atoms with van der Waals surface area (Å²) in [5.74, 6) is -0.162. The maximum atomic E-state index is 11.8. The molecule has 0 aliphatic carbocycles. The van der Waals surface area contributed by atoms with Crippen LogP contribution in [0, 0.1) is 0 Å². The highest BCUT2D eigenvalue weighted by atomic mass is 79.9. The molecule has 2 aromatic rings. The summed E-state index contributed by atoms with van der Waals surface area (Å²) in [5, 5.41) is 3.14. The number of carbonyl (C=O) groups is 1. The van der Waals surface area contributed by atoms with Crippen molar-refractivity contribution in [3.05, 3.63) is 52.0 Å². The van der Waals surface area contributed by atoms with Gasteiger partial charge in [-0.05, 0) is 27.6 Å². The number of rotatable bonds is 3. The maximum absolute atomic E-state index is 11.8. The van der Waals surface area contributed by atoms with E-state index in [-0.39, 0.29) is 12.3 Å². The number of amides is 1. The molecule has 1 amide bonds. The van der Waals surface area contributed by atoms with E-state index in [0.29, 0.717) is 15.2 Å². The zero-order valence-electron chi connectivity index (χ0n) is 9.23. The predicted octanol–water partition coefficient (Wildman–Crippen LogP) is 3.07. The Bertz CT molecular complexity index is 563. The van der Waals surface area contributed by atoms with Crippen molar-refractivity contribution in [1.82, 2.24) is 9.97 Å². The number of aromatic nitrogens is 2. The fourth-order valence-electron chi connectivity index (χ4n) is 1.39. The SMILES string of the molecule is O=C(Cc1cccnc1)Nc1cncc(Br)c1Cl. The average molecular weight is 327 g/mol. The van der Waals surface area contributed by atoms with E-state index in [1.165, 1.54) is 6.20 Å². The summed E-state index contributed by atoms with van der Waals surface area (Å²) in [6, 6.07) is 3.63. The third-order valence-electron chi connectivity index (χ3n) is 2.20. The minimum Gasteiger partial charge on any atom is -0.323 e. The van der Waals surface area contributed by atoms with Crippen LogP contribution in [0.1, 0.15) is 5.56 Å². The summed E-state index contributed by atoms with van der Waals surface area (Å²) in [6.45, 7) is 0. The van der Waals surface area contributed by atoms with E-state index in [0.717, 1.165) is 5.56 Å². The van der Waals surface area contributed by atoms with E-state index in [4.69, 9.17) is 11.6 Å². The zero-order valence-corrected chi connectivity index (χ0v) is 11.6. The topological polar surface area (TPSA) is 54.9 Å². The lowest BCUT2D eigenvalue weighted by Gasteiger charge is -2.07. The second kappa shape index (κ2) is 5.93. The largest absolute Gasteiger partial charge is 0.323 e. The third kappa shape index (κ3) is 3.27. The minimum absolute atomic E-state index is 0.162. The van der Waals surface area contributed by atoms with Crippen LogP contribution in [-0.2, 0) is 11.2 Å². The van der Waals surface area contributed by atoms with E-state index in [1.807, 2.05) is 6.07 Å². The molecule has 4 nitrogen and oxygen atoms in total. The number of nitrogens with zero attached hydrogens (tertiary/aromatic N) is 2. The molecule has 2 rings (SSSR count). The standard InChI is InChI=1S/C12H9BrClN3O/c13-9-6-16-7-10(12(9)14)17-11(18)4-8-2-1-3-15-5-8/h1-3,5-7H,4H2,(H,17,18). The lowest BCUT2D eigenvalue weighted by Crippen LogP contribution is -2.15. The predicted molar refractivity (Wildman–Crippen MR) is 73.5 cm³/mol. The van der Waals surface area contributed by atoms with Crippen LogP contribution in [0.25, 0.3) is 0 Å². The van der Waals surface area contributed by atoms with Crippen molar-refractivity contribution in [2.24, 2.45) is 0 Å². The molecule has 0 spiro atoms. The number of anilines is 1. The Balaban J connectivity index is 2.06. The Morgan fingerprint density at radius 2 is 2.17 bits per heavy atom. The molecule has 0 atom stereocenters. The van der Waals surface area contributed by atoms with Gasteiger partial charge in [0.25, 0.3) is 0 Å². The Kier molecular flexibility index (Phi) is 4.28. The van der Waals surface area contributed by atoms with Gasteiger partial charge in [-0.15, -0.1) is 0 Å². The Labute approximate surface area is 118 Å². The molecule has 2 aromatic heterocycles. The second-order valence-electron chi connectivity index (χ2n) is 3.57. The van der Waals surface area contributed by atoms with Crippen LogP contribution in [0.2, 0.25) is 5.02 Å². The van der Waals surface area contributed by atoms with Crippen molar-refractivity contribution >= 4 is 39.1 Å². The van der Waals surface area contributed by atoms with Crippen molar-refractivity contribution < 1.29 is 4.79 Å². The number of hydrogen-bond donors (Lipinski definition) is 1. The first kappa shape index (κ1) is 13.0. The highest BCUT2D eigenvalue weighted by Crippen LogP contribution is 2.28. The highest BCUT2D eigenvalue weighted by Gasteiger charge is 2.09. The van der Waals surface area contributed by atoms with Gasteiger partial charge >= 0.3 is 0 Å². The Morgan fingerprint density at radius 3 is 2.89 bits per heavy atom. The monoisotopic (exact) mass is 325 g/mol. The molecule has 0 radical (unpaired) electrons. The summed E-state index contributed by atoms with van der Waals surface area (Å²) >= 11 is 9.27. The van der Waals surface area contributed by atoms with Gasteiger partial charge in [0.1, 0.15) is 0 Å². The Hall–Kier alpha value is -1.46. The van der Waals surface area contributed by atoms with Crippen LogP contribution in [0.4, 0.5) is 5.69 Å². The molecule has 0 aliphatic rings. The Morgan fingerprint density at radius 1 is 1.33 bits per heavy atom. The smallest absolute Gasteiger partial charge is 0.228 e. The van der Waals surface area contributed by atoms with Crippen LogP contribution in [-0.4, -0.2) is 15.9 Å². The number of pyridine rings is 2. The molecular formula is C12H9BrClN3O. The molecule has 0 saturated carbocycles. The highest BCUT2D eigenvalue weighted by molar-refractivity contribution is 9.10.